The molecule has 0 aromatic heterocycles. The first-order valence-corrected chi connectivity index (χ1v) is 8.67. The van der Waals surface area contributed by atoms with Crippen LogP contribution in [-0.4, -0.2) is 64.1 Å². The van der Waals surface area contributed by atoms with Crippen LogP contribution in [0.5, 0.6) is 5.75 Å². The molecule has 144 valence electrons. The number of carbonyl (C=O) groups is 4. The Morgan fingerprint density at radius 3 is 2.41 bits per heavy atom. The lowest BCUT2D eigenvalue weighted by molar-refractivity contribution is -0.139. The molecule has 1 aromatic carbocycles. The molecule has 2 atom stereocenters. The molecule has 2 heterocycles. The van der Waals surface area contributed by atoms with Gasteiger partial charge in [0.1, 0.15) is 11.9 Å². The molecule has 9 heteroatoms. The molecule has 9 nitrogen and oxygen atoms in total. The summed E-state index contributed by atoms with van der Waals surface area (Å²) in [6.45, 7) is 2.26. The number of fused-ring (bicyclic) bond motifs is 1. The Hall–Kier alpha value is -3.10. The number of ether oxygens (including phenoxy) is 1. The zero-order chi connectivity index (χ0) is 19.7. The van der Waals surface area contributed by atoms with E-state index < -0.39 is 24.1 Å². The minimum Gasteiger partial charge on any atom is -0.485 e. The van der Waals surface area contributed by atoms with Crippen molar-refractivity contribution in [3.05, 3.63) is 23.8 Å². The van der Waals surface area contributed by atoms with Crippen molar-refractivity contribution in [2.75, 3.05) is 18.0 Å². The first-order chi connectivity index (χ1) is 12.8. The molecule has 0 bridgehead atoms. The predicted molar refractivity (Wildman–Crippen MR) is 92.8 cm³/mol. The van der Waals surface area contributed by atoms with E-state index in [0.29, 0.717) is 18.0 Å². The standard InChI is InChI=1S/C18H20N2O7/c1-2-19-11-7-10(18(25)26)3-4-13(11)27-14(8-17(23)24)12(19)9-20-15(21)5-6-16(20)22/h3-4,7,12,14H,2,5-6,8-9H2,1H3,(H,23,24)(H,25,26). The number of anilines is 1. The van der Waals surface area contributed by atoms with Crippen molar-refractivity contribution in [2.45, 2.75) is 38.3 Å². The number of carbonyl (C=O) groups excluding carboxylic acids is 2. The van der Waals surface area contributed by atoms with Gasteiger partial charge < -0.3 is 19.8 Å². The van der Waals surface area contributed by atoms with Crippen LogP contribution in [0.15, 0.2) is 18.2 Å². The summed E-state index contributed by atoms with van der Waals surface area (Å²) in [5, 5.41) is 18.5. The van der Waals surface area contributed by atoms with Gasteiger partial charge >= 0.3 is 11.9 Å². The molecule has 2 unspecified atom stereocenters. The summed E-state index contributed by atoms with van der Waals surface area (Å²) in [5.41, 5.74) is 0.572. The molecule has 3 rings (SSSR count). The van der Waals surface area contributed by atoms with E-state index in [1.54, 1.807) is 4.90 Å². The monoisotopic (exact) mass is 376 g/mol. The van der Waals surface area contributed by atoms with Crippen molar-refractivity contribution < 1.29 is 34.1 Å². The minimum absolute atomic E-state index is 0.000191. The van der Waals surface area contributed by atoms with Crippen molar-refractivity contribution in [3.63, 3.8) is 0 Å². The predicted octanol–water partition coefficient (Wildman–Crippen LogP) is 0.964. The van der Waals surface area contributed by atoms with E-state index in [0.717, 1.165) is 4.90 Å². The number of aromatic carboxylic acids is 1. The highest BCUT2D eigenvalue weighted by molar-refractivity contribution is 6.02. The van der Waals surface area contributed by atoms with Gasteiger partial charge in [-0.25, -0.2) is 4.79 Å². The lowest BCUT2D eigenvalue weighted by atomic mass is 10.00. The number of hydrogen-bond acceptors (Lipinski definition) is 6. The average molecular weight is 376 g/mol. The first-order valence-electron chi connectivity index (χ1n) is 8.67. The zero-order valence-electron chi connectivity index (χ0n) is 14.8. The number of aliphatic carboxylic acids is 1. The quantitative estimate of drug-likeness (QED) is 0.704. The molecular weight excluding hydrogens is 356 g/mol. The van der Waals surface area contributed by atoms with Crippen molar-refractivity contribution in [2.24, 2.45) is 0 Å². The van der Waals surface area contributed by atoms with E-state index in [1.807, 2.05) is 6.92 Å². The molecule has 2 aliphatic heterocycles. The van der Waals surface area contributed by atoms with Crippen molar-refractivity contribution in [1.82, 2.24) is 4.90 Å². The first kappa shape index (κ1) is 18.7. The summed E-state index contributed by atoms with van der Waals surface area (Å²) < 4.78 is 5.84. The number of nitrogens with zero attached hydrogens (tertiary/aromatic N) is 2. The third kappa shape index (κ3) is 3.57. The van der Waals surface area contributed by atoms with Crippen LogP contribution in [-0.2, 0) is 14.4 Å². The third-order valence-corrected chi connectivity index (χ3v) is 4.86. The summed E-state index contributed by atoms with van der Waals surface area (Å²) in [4.78, 5) is 49.6. The van der Waals surface area contributed by atoms with E-state index in [2.05, 4.69) is 0 Å². The normalized spacial score (nSPS) is 21.8. The highest BCUT2D eigenvalue weighted by atomic mass is 16.5. The number of likely N-dealkylation sites (N-methyl/N-ethyl adjacent to an activating group) is 1. The summed E-state index contributed by atoms with van der Waals surface area (Å²) in [5.74, 6) is -2.37. The molecular formula is C18H20N2O7. The van der Waals surface area contributed by atoms with E-state index in [4.69, 9.17) is 4.74 Å². The number of carboxylic acids is 2. The van der Waals surface area contributed by atoms with Crippen molar-refractivity contribution in [3.8, 4) is 5.75 Å². The second-order valence-corrected chi connectivity index (χ2v) is 6.49. The topological polar surface area (TPSA) is 124 Å². The number of rotatable bonds is 6. The Morgan fingerprint density at radius 2 is 1.85 bits per heavy atom. The largest absolute Gasteiger partial charge is 0.485 e. The van der Waals surface area contributed by atoms with Crippen LogP contribution in [0.2, 0.25) is 0 Å². The molecule has 2 amide bonds. The van der Waals surface area contributed by atoms with Gasteiger partial charge in [0.05, 0.1) is 30.3 Å². The zero-order valence-corrected chi connectivity index (χ0v) is 14.8. The Kier molecular flexibility index (Phi) is 5.02. The van der Waals surface area contributed by atoms with Gasteiger partial charge in [-0.05, 0) is 25.1 Å². The molecule has 1 saturated heterocycles. The Bertz CT molecular complexity index is 791. The number of amides is 2. The number of benzene rings is 1. The molecule has 2 aliphatic rings. The molecule has 2 N–H and O–H groups in total. The number of hydrogen-bond donors (Lipinski definition) is 2. The smallest absolute Gasteiger partial charge is 0.335 e. The van der Waals surface area contributed by atoms with Crippen LogP contribution in [0.1, 0.15) is 36.5 Å². The lowest BCUT2D eigenvalue weighted by Crippen LogP contribution is -2.56. The Labute approximate surface area is 155 Å². The minimum atomic E-state index is -1.09. The Balaban J connectivity index is 1.99. The SMILES string of the molecule is CCN1c2cc(C(=O)O)ccc2OC(CC(=O)O)C1CN1C(=O)CCC1=O. The fourth-order valence-corrected chi connectivity index (χ4v) is 3.58. The van der Waals surface area contributed by atoms with Gasteiger partial charge in [0, 0.05) is 19.4 Å². The number of likely N-dealkylation sites (tertiary alicyclic amines) is 1. The highest BCUT2D eigenvalue weighted by Crippen LogP contribution is 2.38. The molecule has 27 heavy (non-hydrogen) atoms. The second kappa shape index (κ2) is 7.26. The lowest BCUT2D eigenvalue weighted by Gasteiger charge is -2.44. The van der Waals surface area contributed by atoms with Gasteiger partial charge in [-0.1, -0.05) is 0 Å². The van der Waals surface area contributed by atoms with Crippen molar-refractivity contribution in [1.29, 1.82) is 0 Å². The summed E-state index contributed by atoms with van der Waals surface area (Å²) >= 11 is 0. The molecule has 1 fully saturated rings. The summed E-state index contributed by atoms with van der Waals surface area (Å²) in [6.07, 6.45) is -0.812. The van der Waals surface area contributed by atoms with Gasteiger partial charge in [-0.15, -0.1) is 0 Å². The highest BCUT2D eigenvalue weighted by Gasteiger charge is 2.41. The Morgan fingerprint density at radius 1 is 1.19 bits per heavy atom. The van der Waals surface area contributed by atoms with E-state index in [-0.39, 0.29) is 43.2 Å². The molecule has 0 saturated carbocycles. The molecule has 0 radical (unpaired) electrons. The van der Waals surface area contributed by atoms with Gasteiger partial charge in [-0.3, -0.25) is 19.3 Å². The van der Waals surface area contributed by atoms with Gasteiger partial charge in [0.15, 0.2) is 0 Å². The van der Waals surface area contributed by atoms with Gasteiger partial charge in [0.25, 0.3) is 0 Å². The number of imide groups is 1. The summed E-state index contributed by atoms with van der Waals surface area (Å²) in [6, 6.07) is 3.76. The van der Waals surface area contributed by atoms with Crippen LogP contribution in [0.4, 0.5) is 5.69 Å². The van der Waals surface area contributed by atoms with Gasteiger partial charge in [0.2, 0.25) is 11.8 Å². The van der Waals surface area contributed by atoms with Crippen molar-refractivity contribution >= 4 is 29.4 Å². The van der Waals surface area contributed by atoms with Crippen LogP contribution in [0, 0.1) is 0 Å². The second-order valence-electron chi connectivity index (χ2n) is 6.49. The summed E-state index contributed by atoms with van der Waals surface area (Å²) in [7, 11) is 0. The molecule has 0 spiro atoms. The maximum absolute atomic E-state index is 12.0. The third-order valence-electron chi connectivity index (χ3n) is 4.86. The average Bonchev–Trinajstić information content (AvgIpc) is 2.93. The maximum atomic E-state index is 12.0. The van der Waals surface area contributed by atoms with Gasteiger partial charge in [-0.2, -0.15) is 0 Å². The van der Waals surface area contributed by atoms with Crippen LogP contribution < -0.4 is 9.64 Å². The van der Waals surface area contributed by atoms with E-state index in [9.17, 15) is 29.4 Å². The fourth-order valence-electron chi connectivity index (χ4n) is 3.58. The number of carboxylic acid groups (broad SMARTS) is 2. The van der Waals surface area contributed by atoms with Crippen LogP contribution >= 0.6 is 0 Å². The maximum Gasteiger partial charge on any atom is 0.335 e. The van der Waals surface area contributed by atoms with E-state index in [1.165, 1.54) is 18.2 Å². The fraction of sp³-hybridized carbons (Fsp3) is 0.444. The molecule has 0 aliphatic carbocycles. The van der Waals surface area contributed by atoms with Crippen LogP contribution in [0.25, 0.3) is 0 Å². The van der Waals surface area contributed by atoms with Crippen LogP contribution in [0.3, 0.4) is 0 Å². The molecule has 1 aromatic rings. The van der Waals surface area contributed by atoms with E-state index >= 15 is 0 Å².